The number of ketones is 2. The van der Waals surface area contributed by atoms with E-state index >= 15 is 4.79 Å². The summed E-state index contributed by atoms with van der Waals surface area (Å²) < 4.78 is 5.93. The van der Waals surface area contributed by atoms with Gasteiger partial charge in [-0.3, -0.25) is 19.4 Å². The summed E-state index contributed by atoms with van der Waals surface area (Å²) in [5.74, 6) is 3.16. The number of esters is 1. The number of nitrogens with one attached hydrogen (secondary N) is 2. The van der Waals surface area contributed by atoms with Crippen molar-refractivity contribution in [3.63, 3.8) is 0 Å². The van der Waals surface area contributed by atoms with Crippen molar-refractivity contribution in [2.45, 2.75) is 160 Å². The van der Waals surface area contributed by atoms with Gasteiger partial charge in [-0.25, -0.2) is 0 Å². The molecule has 5 saturated carbocycles. The number of carbonyl (C=O) groups excluding carboxylic acids is 3. The lowest BCUT2D eigenvalue weighted by atomic mass is 9.37. The molecule has 0 aromatic carbocycles. The normalized spacial score (nSPS) is 47.1. The third kappa shape index (κ3) is 8.05. The van der Waals surface area contributed by atoms with Crippen LogP contribution >= 0.6 is 0 Å². The summed E-state index contributed by atoms with van der Waals surface area (Å²) >= 11 is 0. The SMILES string of the molecule is CC(=O)C(CO)NC1=C2C(C3CCC(CN=C(N)N)C4(C3)C3C(CC#CC(C5COC(=O)C5c5cc[nH]c5)CC5C6CC(C)CCC6=CCC5C(C)CC(O)C3(C)O)CC24O)C2(C)CC(O)C(O)CC2C1=O. The predicted molar refractivity (Wildman–Crippen MR) is 269 cm³/mol. The summed E-state index contributed by atoms with van der Waals surface area (Å²) in [5.41, 5.74) is 9.11. The highest BCUT2D eigenvalue weighted by Gasteiger charge is 2.78. The number of H-pyrrole nitrogens is 1. The number of aliphatic imine (C=N–C) groups is 1. The van der Waals surface area contributed by atoms with Crippen LogP contribution in [0.1, 0.15) is 130 Å². The maximum atomic E-state index is 15.4. The number of aliphatic hydroxyl groups excluding tert-OH is 4. The molecule has 2 heterocycles. The molecule has 72 heavy (non-hydrogen) atoms. The highest BCUT2D eigenvalue weighted by atomic mass is 16.5. The van der Waals surface area contributed by atoms with Gasteiger partial charge < -0.3 is 57.1 Å². The molecule has 1 spiro atoms. The van der Waals surface area contributed by atoms with Gasteiger partial charge in [0.15, 0.2) is 17.5 Å². The summed E-state index contributed by atoms with van der Waals surface area (Å²) in [4.78, 5) is 50.1. The largest absolute Gasteiger partial charge is 0.465 e. The van der Waals surface area contributed by atoms with Crippen LogP contribution in [-0.2, 0) is 19.1 Å². The molecule has 15 heteroatoms. The van der Waals surface area contributed by atoms with Gasteiger partial charge in [0.1, 0.15) is 6.04 Å². The fraction of sp³-hybridized carbons (Fsp3) is 0.754. The Kier molecular flexibility index (Phi) is 13.5. The average molecular weight is 996 g/mol. The summed E-state index contributed by atoms with van der Waals surface area (Å²) in [5, 5.41) is 77.8. The van der Waals surface area contributed by atoms with Crippen LogP contribution in [0, 0.1) is 99.6 Å². The molecule has 1 aromatic heterocycles. The Balaban J connectivity index is 1.17. The minimum absolute atomic E-state index is 0.0128. The standard InChI is InChI=1S/C57H81N5O10/c1-28-9-10-31-12-14-37-29(2)18-45(67)55(5,70)51-34(8-6-7-32(19-39(37)38(31)17-28)40-27-72-52(69)46(40)35-15-16-60-24-35)22-57(71)48-47(33-11-13-36(25-61-53(58)59)56(51,57)21-33)54(4)23-44(66)43(65)20-41(54)50(68)49(48)62-42(26-63)30(3)64/h12,15-16,24,28-29,32-34,36-47,51,60,62-63,65-67,70-71H,8-11,13-14,17-23,25-27H2,1-5H3,(H4,58,59,61). The van der Waals surface area contributed by atoms with Crippen molar-refractivity contribution in [2.75, 3.05) is 19.8 Å². The Bertz CT molecular complexity index is 2440. The molecule has 1 aliphatic heterocycles. The van der Waals surface area contributed by atoms with Crippen molar-refractivity contribution in [1.82, 2.24) is 10.3 Å². The van der Waals surface area contributed by atoms with Crippen molar-refractivity contribution in [3.8, 4) is 11.8 Å². The number of fused-ring (bicyclic) bond motifs is 10. The third-order valence-corrected chi connectivity index (χ3v) is 21.4. The molecular formula is C57H81N5O10. The zero-order valence-electron chi connectivity index (χ0n) is 42.9. The van der Waals surface area contributed by atoms with Gasteiger partial charge >= 0.3 is 5.97 Å². The zero-order chi connectivity index (χ0) is 51.4. The Labute approximate surface area is 424 Å². The molecular weight excluding hydrogens is 915 g/mol. The van der Waals surface area contributed by atoms with Gasteiger partial charge in [0.05, 0.1) is 54.3 Å². The van der Waals surface area contributed by atoms with E-state index in [0.29, 0.717) is 36.7 Å². The second kappa shape index (κ2) is 19.0. The molecule has 1 saturated heterocycles. The number of nitrogens with two attached hydrogens (primary N) is 2. The van der Waals surface area contributed by atoms with E-state index in [1.54, 1.807) is 6.92 Å². The van der Waals surface area contributed by atoms with Crippen LogP contribution < -0.4 is 16.8 Å². The Morgan fingerprint density at radius 1 is 0.986 bits per heavy atom. The van der Waals surface area contributed by atoms with Gasteiger partial charge in [-0.05, 0) is 167 Å². The number of hydrogen-bond acceptors (Lipinski definition) is 12. The summed E-state index contributed by atoms with van der Waals surface area (Å²) in [6.07, 6.45) is 9.66. The summed E-state index contributed by atoms with van der Waals surface area (Å²) in [7, 11) is 0. The molecule has 1 aromatic rings. The van der Waals surface area contributed by atoms with Crippen LogP contribution in [0.4, 0.5) is 0 Å². The smallest absolute Gasteiger partial charge is 0.313 e. The van der Waals surface area contributed by atoms with Crippen molar-refractivity contribution >= 4 is 23.5 Å². The van der Waals surface area contributed by atoms with E-state index in [0.717, 1.165) is 37.7 Å². The number of carbonyl (C=O) groups is 3. The lowest BCUT2D eigenvalue weighted by Gasteiger charge is -2.68. The number of aliphatic hydroxyl groups is 6. The van der Waals surface area contributed by atoms with Crippen molar-refractivity contribution in [3.05, 3.63) is 46.9 Å². The summed E-state index contributed by atoms with van der Waals surface area (Å²) in [6.45, 7) is 9.32. The van der Waals surface area contributed by atoms with Crippen LogP contribution in [0.3, 0.4) is 0 Å². The van der Waals surface area contributed by atoms with E-state index in [4.69, 9.17) is 16.2 Å². The number of ether oxygens (including phenoxy) is 1. The number of aromatic nitrogens is 1. The van der Waals surface area contributed by atoms with Gasteiger partial charge in [-0.2, -0.15) is 0 Å². The fourth-order valence-corrected chi connectivity index (χ4v) is 18.2. The topological polar surface area (TPSA) is 274 Å². The van der Waals surface area contributed by atoms with Gasteiger partial charge in [0, 0.05) is 54.4 Å². The first-order valence-corrected chi connectivity index (χ1v) is 27.3. The van der Waals surface area contributed by atoms with E-state index in [-0.39, 0.29) is 98.4 Å². The molecule has 22 unspecified atom stereocenters. The maximum absolute atomic E-state index is 15.4. The molecule has 15 nitrogen and oxygen atoms in total. The van der Waals surface area contributed by atoms with Crippen molar-refractivity contribution in [2.24, 2.45) is 104 Å². The number of cyclic esters (lactones) is 1. The molecule has 2 bridgehead atoms. The van der Waals surface area contributed by atoms with E-state index in [2.05, 4.69) is 47.1 Å². The van der Waals surface area contributed by atoms with Gasteiger partial charge in [0.2, 0.25) is 0 Å². The fourth-order valence-electron chi connectivity index (χ4n) is 18.2. The summed E-state index contributed by atoms with van der Waals surface area (Å²) in [6, 6.07) is 0.760. The highest BCUT2D eigenvalue weighted by molar-refractivity contribution is 6.00. The minimum atomic E-state index is -1.89. The zero-order valence-corrected chi connectivity index (χ0v) is 42.9. The predicted octanol–water partition coefficient (Wildman–Crippen LogP) is 4.01. The second-order valence-corrected chi connectivity index (χ2v) is 25.2. The number of guanidine groups is 1. The molecule has 0 amide bonds. The number of Topliss-reactive ketones (excluding diaryl/α,β-unsaturated/α-hetero) is 2. The van der Waals surface area contributed by atoms with E-state index in [1.807, 2.05) is 25.4 Å². The molecule has 10 rings (SSSR count). The second-order valence-electron chi connectivity index (χ2n) is 25.2. The molecule has 0 radical (unpaired) electrons. The highest BCUT2D eigenvalue weighted by Crippen LogP contribution is 2.77. The molecule has 9 aliphatic rings. The number of rotatable bonds is 8. The van der Waals surface area contributed by atoms with Crippen molar-refractivity contribution < 1.29 is 49.8 Å². The van der Waals surface area contributed by atoms with Crippen LogP contribution in [0.15, 0.2) is 46.4 Å². The van der Waals surface area contributed by atoms with Gasteiger partial charge in [-0.1, -0.05) is 38.3 Å². The number of allylic oxidation sites excluding steroid dienone is 3. The maximum Gasteiger partial charge on any atom is 0.313 e. The van der Waals surface area contributed by atoms with Crippen LogP contribution in [0.25, 0.3) is 0 Å². The Hall–Kier alpha value is -4.04. The average Bonchev–Trinajstić information content (AvgIpc) is 4.05. The van der Waals surface area contributed by atoms with Gasteiger partial charge in [0.25, 0.3) is 0 Å². The lowest BCUT2D eigenvalue weighted by molar-refractivity contribution is -0.227. The Morgan fingerprint density at radius 2 is 1.76 bits per heavy atom. The molecule has 22 atom stereocenters. The first kappa shape index (κ1) is 51.4. The number of nitrogens with zero attached hydrogens (tertiary/aromatic N) is 1. The monoisotopic (exact) mass is 996 g/mol. The number of aromatic amines is 1. The van der Waals surface area contributed by atoms with Crippen molar-refractivity contribution in [1.29, 1.82) is 0 Å². The minimum Gasteiger partial charge on any atom is -0.465 e. The Morgan fingerprint density at radius 3 is 2.47 bits per heavy atom. The number of hydrogen-bond donors (Lipinski definition) is 10. The van der Waals surface area contributed by atoms with E-state index in [1.165, 1.54) is 12.5 Å². The van der Waals surface area contributed by atoms with Crippen LogP contribution in [0.2, 0.25) is 0 Å². The van der Waals surface area contributed by atoms with E-state index in [9.17, 15) is 40.2 Å². The molecule has 8 aliphatic carbocycles. The van der Waals surface area contributed by atoms with E-state index < -0.39 is 100 Å². The lowest BCUT2D eigenvalue weighted by Crippen LogP contribution is -2.70. The first-order chi connectivity index (χ1) is 34.2. The van der Waals surface area contributed by atoms with Gasteiger partial charge in [-0.15, -0.1) is 5.92 Å². The molecule has 6 fully saturated rings. The first-order valence-electron chi connectivity index (χ1n) is 27.3. The third-order valence-electron chi connectivity index (χ3n) is 21.4. The van der Waals surface area contributed by atoms with Crippen LogP contribution in [-0.4, -0.2) is 114 Å². The molecule has 12 N–H and O–H groups in total. The molecule has 394 valence electrons. The quantitative estimate of drug-likeness (QED) is 0.0581. The van der Waals surface area contributed by atoms with Crippen LogP contribution in [0.5, 0.6) is 0 Å².